The molecule has 1 aliphatic rings. The van der Waals surface area contributed by atoms with E-state index in [2.05, 4.69) is 10.6 Å². The quantitative estimate of drug-likeness (QED) is 0.824. The highest BCUT2D eigenvalue weighted by Gasteiger charge is 2.16. The number of hydrogen-bond acceptors (Lipinski definition) is 4. The zero-order valence-corrected chi connectivity index (χ0v) is 12.2. The van der Waals surface area contributed by atoms with Gasteiger partial charge in [-0.3, -0.25) is 10.1 Å². The van der Waals surface area contributed by atoms with Gasteiger partial charge in [0.1, 0.15) is 5.75 Å². The molecule has 5 nitrogen and oxygen atoms in total. The Hall–Kier alpha value is -1.66. The van der Waals surface area contributed by atoms with E-state index in [1.165, 1.54) is 0 Å². The standard InChI is InChI=1S/C14H18N2O3S/c1-18-11-6-4-10(5-7-11)13(17)16-14(20)15-9-12-3-2-8-19-12/h4-7,12H,2-3,8-9H2,1H3,(H2,15,16,17,20)/t12-/m1/s1. The van der Waals surface area contributed by atoms with Gasteiger partial charge in [0.05, 0.1) is 13.2 Å². The molecule has 1 aromatic carbocycles. The average molecular weight is 294 g/mol. The Bertz CT molecular complexity index is 470. The minimum absolute atomic E-state index is 0.186. The highest BCUT2D eigenvalue weighted by atomic mass is 32.1. The fraction of sp³-hybridized carbons (Fsp3) is 0.429. The van der Waals surface area contributed by atoms with Crippen LogP contribution in [0.4, 0.5) is 0 Å². The van der Waals surface area contributed by atoms with E-state index in [1.54, 1.807) is 31.4 Å². The molecule has 108 valence electrons. The third kappa shape index (κ3) is 4.18. The lowest BCUT2D eigenvalue weighted by Gasteiger charge is -2.13. The molecular formula is C14H18N2O3S. The largest absolute Gasteiger partial charge is 0.497 e. The maximum atomic E-state index is 11.9. The first kappa shape index (κ1) is 14.7. The number of methoxy groups -OCH3 is 1. The maximum absolute atomic E-state index is 11.9. The fourth-order valence-corrected chi connectivity index (χ4v) is 2.15. The lowest BCUT2D eigenvalue weighted by atomic mass is 10.2. The minimum atomic E-state index is -0.238. The molecule has 0 aliphatic carbocycles. The van der Waals surface area contributed by atoms with Gasteiger partial charge in [-0.25, -0.2) is 0 Å². The van der Waals surface area contributed by atoms with E-state index in [0.717, 1.165) is 19.4 Å². The molecule has 1 amide bonds. The molecule has 1 saturated heterocycles. The Morgan fingerprint density at radius 1 is 1.45 bits per heavy atom. The molecule has 0 radical (unpaired) electrons. The van der Waals surface area contributed by atoms with Gasteiger partial charge in [-0.1, -0.05) is 0 Å². The van der Waals surface area contributed by atoms with Crippen LogP contribution < -0.4 is 15.4 Å². The molecule has 6 heteroatoms. The van der Waals surface area contributed by atoms with Gasteiger partial charge in [0, 0.05) is 18.7 Å². The van der Waals surface area contributed by atoms with Crippen LogP contribution in [0.25, 0.3) is 0 Å². The van der Waals surface area contributed by atoms with Gasteiger partial charge < -0.3 is 14.8 Å². The second-order valence-electron chi connectivity index (χ2n) is 4.53. The van der Waals surface area contributed by atoms with E-state index in [9.17, 15) is 4.79 Å². The average Bonchev–Trinajstić information content (AvgIpc) is 2.98. The number of rotatable bonds is 4. The summed E-state index contributed by atoms with van der Waals surface area (Å²) in [5.41, 5.74) is 0.534. The summed E-state index contributed by atoms with van der Waals surface area (Å²) in [6.07, 6.45) is 2.30. The smallest absolute Gasteiger partial charge is 0.257 e. The number of carbonyl (C=O) groups is 1. The molecule has 1 aliphatic heterocycles. The molecule has 0 unspecified atom stereocenters. The number of thiocarbonyl (C=S) groups is 1. The SMILES string of the molecule is COc1ccc(C(=O)NC(=S)NC[C@H]2CCCO2)cc1. The van der Waals surface area contributed by atoms with Crippen LogP contribution in [0.1, 0.15) is 23.2 Å². The third-order valence-electron chi connectivity index (χ3n) is 3.09. The van der Waals surface area contributed by atoms with Crippen molar-refractivity contribution in [2.24, 2.45) is 0 Å². The first-order valence-corrected chi connectivity index (χ1v) is 6.94. The van der Waals surface area contributed by atoms with Crippen LogP contribution in [-0.2, 0) is 4.74 Å². The zero-order chi connectivity index (χ0) is 14.4. The number of amides is 1. The summed E-state index contributed by atoms with van der Waals surface area (Å²) in [6.45, 7) is 1.43. The maximum Gasteiger partial charge on any atom is 0.257 e. The van der Waals surface area contributed by atoms with Crippen molar-refractivity contribution in [3.63, 3.8) is 0 Å². The monoisotopic (exact) mass is 294 g/mol. The molecule has 0 saturated carbocycles. The van der Waals surface area contributed by atoms with Crippen molar-refractivity contribution in [1.82, 2.24) is 10.6 Å². The van der Waals surface area contributed by atoms with E-state index in [1.807, 2.05) is 0 Å². The lowest BCUT2D eigenvalue weighted by Crippen LogP contribution is -2.42. The van der Waals surface area contributed by atoms with Gasteiger partial charge in [-0.15, -0.1) is 0 Å². The third-order valence-corrected chi connectivity index (χ3v) is 3.34. The summed E-state index contributed by atoms with van der Waals surface area (Å²) in [5, 5.41) is 5.96. The predicted octanol–water partition coefficient (Wildman–Crippen LogP) is 1.48. The molecule has 2 rings (SSSR count). The summed E-state index contributed by atoms with van der Waals surface area (Å²) in [5.74, 6) is 0.470. The van der Waals surface area contributed by atoms with Crippen molar-refractivity contribution in [3.8, 4) is 5.75 Å². The minimum Gasteiger partial charge on any atom is -0.497 e. The van der Waals surface area contributed by atoms with E-state index in [-0.39, 0.29) is 12.0 Å². The molecule has 0 aromatic heterocycles. The molecule has 0 spiro atoms. The zero-order valence-electron chi connectivity index (χ0n) is 11.3. The highest BCUT2D eigenvalue weighted by molar-refractivity contribution is 7.80. The van der Waals surface area contributed by atoms with Crippen LogP contribution in [-0.4, -0.2) is 37.4 Å². The van der Waals surface area contributed by atoms with Gasteiger partial charge in [-0.2, -0.15) is 0 Å². The van der Waals surface area contributed by atoms with Crippen molar-refractivity contribution >= 4 is 23.2 Å². The summed E-state index contributed by atoms with van der Waals surface area (Å²) < 4.78 is 10.5. The van der Waals surface area contributed by atoms with Crippen molar-refractivity contribution < 1.29 is 14.3 Å². The molecule has 1 atom stereocenters. The number of nitrogens with one attached hydrogen (secondary N) is 2. The van der Waals surface area contributed by atoms with E-state index in [4.69, 9.17) is 21.7 Å². The molecule has 2 N–H and O–H groups in total. The van der Waals surface area contributed by atoms with Gasteiger partial charge >= 0.3 is 0 Å². The van der Waals surface area contributed by atoms with Crippen molar-refractivity contribution in [2.75, 3.05) is 20.3 Å². The number of hydrogen-bond donors (Lipinski definition) is 2. The van der Waals surface area contributed by atoms with Crippen molar-refractivity contribution in [1.29, 1.82) is 0 Å². The van der Waals surface area contributed by atoms with Crippen molar-refractivity contribution in [3.05, 3.63) is 29.8 Å². The normalized spacial score (nSPS) is 17.6. The van der Waals surface area contributed by atoms with Crippen LogP contribution in [0.3, 0.4) is 0 Å². The number of ether oxygens (including phenoxy) is 2. The number of carbonyl (C=O) groups excluding carboxylic acids is 1. The van der Waals surface area contributed by atoms with Crippen molar-refractivity contribution in [2.45, 2.75) is 18.9 Å². The molecule has 20 heavy (non-hydrogen) atoms. The Morgan fingerprint density at radius 3 is 2.80 bits per heavy atom. The highest BCUT2D eigenvalue weighted by Crippen LogP contribution is 2.11. The molecule has 1 aromatic rings. The Balaban J connectivity index is 1.78. The van der Waals surface area contributed by atoms with Gasteiger partial charge in [0.2, 0.25) is 0 Å². The van der Waals surface area contributed by atoms with Crippen LogP contribution in [0.15, 0.2) is 24.3 Å². The number of benzene rings is 1. The van der Waals surface area contributed by atoms with Crippen LogP contribution >= 0.6 is 12.2 Å². The Labute approximate surface area is 123 Å². The first-order chi connectivity index (χ1) is 9.69. The van der Waals surface area contributed by atoms with Gasteiger partial charge in [-0.05, 0) is 49.3 Å². The van der Waals surface area contributed by atoms with E-state index >= 15 is 0 Å². The second kappa shape index (κ2) is 7.21. The van der Waals surface area contributed by atoms with E-state index < -0.39 is 0 Å². The Kier molecular flexibility index (Phi) is 5.31. The molecular weight excluding hydrogens is 276 g/mol. The predicted molar refractivity (Wildman–Crippen MR) is 80.0 cm³/mol. The summed E-state index contributed by atoms with van der Waals surface area (Å²) >= 11 is 5.09. The lowest BCUT2D eigenvalue weighted by molar-refractivity contribution is 0.0973. The summed E-state index contributed by atoms with van der Waals surface area (Å²) in [6, 6.07) is 6.85. The summed E-state index contributed by atoms with van der Waals surface area (Å²) in [4.78, 5) is 11.9. The van der Waals surface area contributed by atoms with Crippen LogP contribution in [0, 0.1) is 0 Å². The van der Waals surface area contributed by atoms with E-state index in [0.29, 0.717) is 23.0 Å². The Morgan fingerprint density at radius 2 is 2.20 bits per heavy atom. The molecule has 0 bridgehead atoms. The fourth-order valence-electron chi connectivity index (χ4n) is 1.97. The first-order valence-electron chi connectivity index (χ1n) is 6.54. The second-order valence-corrected chi connectivity index (χ2v) is 4.94. The molecule has 1 heterocycles. The summed E-state index contributed by atoms with van der Waals surface area (Å²) in [7, 11) is 1.58. The molecule has 1 fully saturated rings. The van der Waals surface area contributed by atoms with Crippen LogP contribution in [0.2, 0.25) is 0 Å². The van der Waals surface area contributed by atoms with Crippen LogP contribution in [0.5, 0.6) is 5.75 Å². The van der Waals surface area contributed by atoms with Gasteiger partial charge in [0.15, 0.2) is 5.11 Å². The topological polar surface area (TPSA) is 59.6 Å². The van der Waals surface area contributed by atoms with Gasteiger partial charge in [0.25, 0.3) is 5.91 Å².